The Morgan fingerprint density at radius 2 is 1.75 bits per heavy atom. The van der Waals surface area contributed by atoms with E-state index >= 15 is 0 Å². The summed E-state index contributed by atoms with van der Waals surface area (Å²) in [5, 5.41) is 12.3. The number of carbonyl (C=O) groups excluding carboxylic acids is 2. The zero-order valence-corrected chi connectivity index (χ0v) is 21.8. The molecule has 0 aliphatic carbocycles. The van der Waals surface area contributed by atoms with Crippen molar-refractivity contribution in [2.24, 2.45) is 0 Å². The van der Waals surface area contributed by atoms with Crippen LogP contribution in [0, 0.1) is 0 Å². The van der Waals surface area contributed by atoms with Crippen molar-refractivity contribution in [3.05, 3.63) is 65.1 Å². The van der Waals surface area contributed by atoms with Crippen LogP contribution in [-0.2, 0) is 11.0 Å². The van der Waals surface area contributed by atoms with Gasteiger partial charge in [0.15, 0.2) is 0 Å². The van der Waals surface area contributed by atoms with Crippen molar-refractivity contribution < 1.29 is 9.59 Å². The van der Waals surface area contributed by atoms with Crippen molar-refractivity contribution in [3.63, 3.8) is 0 Å². The van der Waals surface area contributed by atoms with Gasteiger partial charge in [0.1, 0.15) is 11.4 Å². The number of nitrogens with one attached hydrogen (secondary N) is 4. The summed E-state index contributed by atoms with van der Waals surface area (Å²) in [6, 6.07) is 9.32. The second-order valence-corrected chi connectivity index (χ2v) is 10.9. The van der Waals surface area contributed by atoms with Gasteiger partial charge in [-0.3, -0.25) is 14.6 Å². The molecule has 188 valence electrons. The molecule has 0 atom stereocenters. The number of fused-ring (bicyclic) bond motifs is 1. The fourth-order valence-electron chi connectivity index (χ4n) is 4.00. The first-order valence-corrected chi connectivity index (χ1v) is 12.0. The molecule has 0 bridgehead atoms. The molecule has 1 aromatic carbocycles. The van der Waals surface area contributed by atoms with Gasteiger partial charge in [-0.1, -0.05) is 26.8 Å². The van der Waals surface area contributed by atoms with E-state index in [-0.39, 0.29) is 23.3 Å². The van der Waals surface area contributed by atoms with Crippen molar-refractivity contribution in [2.75, 3.05) is 10.6 Å². The third kappa shape index (κ3) is 5.30. The van der Waals surface area contributed by atoms with E-state index in [0.29, 0.717) is 28.6 Å². The van der Waals surface area contributed by atoms with Gasteiger partial charge in [0, 0.05) is 46.5 Å². The molecule has 4 rings (SSSR count). The Hall–Kier alpha value is -4.01. The molecule has 9 nitrogen and oxygen atoms in total. The van der Waals surface area contributed by atoms with E-state index in [1.807, 2.05) is 52.0 Å². The molecule has 2 amide bonds. The SMILES string of the molecule is CC(C)NC(=O)c1cnc(Nc2ccc3c(c2)C(=O)NC3(C)C)nc1Nc1ccnc(C(C)(C)C)c1. The molecule has 0 spiro atoms. The molecule has 0 unspecified atom stereocenters. The molecular formula is C27H33N7O2. The topological polar surface area (TPSA) is 121 Å². The number of amides is 2. The Balaban J connectivity index is 1.68. The number of benzene rings is 1. The second-order valence-electron chi connectivity index (χ2n) is 10.9. The normalized spacial score (nSPS) is 14.3. The number of aromatic nitrogens is 3. The summed E-state index contributed by atoms with van der Waals surface area (Å²) < 4.78 is 0. The molecule has 0 radical (unpaired) electrons. The van der Waals surface area contributed by atoms with Crippen molar-refractivity contribution >= 4 is 35.0 Å². The van der Waals surface area contributed by atoms with Crippen molar-refractivity contribution in [2.45, 2.75) is 65.5 Å². The van der Waals surface area contributed by atoms with Crippen LogP contribution in [0.15, 0.2) is 42.7 Å². The highest BCUT2D eigenvalue weighted by Gasteiger charge is 2.34. The van der Waals surface area contributed by atoms with Gasteiger partial charge in [-0.05, 0) is 57.5 Å². The standard InChI is InChI=1S/C27H33N7O2/c1-15(2)30-23(35)19-14-29-25(32-16-8-9-20-18(12-16)24(36)34-27(20,6)7)33-22(19)31-17-10-11-28-21(13-17)26(3,4)5/h8-15H,1-7H3,(H,30,35)(H,34,36)(H2,28,29,31,32,33). The minimum atomic E-state index is -0.416. The van der Waals surface area contributed by atoms with E-state index in [9.17, 15) is 9.59 Å². The highest BCUT2D eigenvalue weighted by Crippen LogP contribution is 2.33. The first kappa shape index (κ1) is 25.1. The Kier molecular flexibility index (Phi) is 6.43. The predicted octanol–water partition coefficient (Wildman–Crippen LogP) is 4.77. The first-order chi connectivity index (χ1) is 16.8. The minimum Gasteiger partial charge on any atom is -0.350 e. The van der Waals surface area contributed by atoms with Crippen LogP contribution in [0.5, 0.6) is 0 Å². The van der Waals surface area contributed by atoms with Gasteiger partial charge < -0.3 is 21.3 Å². The van der Waals surface area contributed by atoms with Crippen LogP contribution in [0.4, 0.5) is 23.1 Å². The number of anilines is 4. The monoisotopic (exact) mass is 487 g/mol. The molecule has 2 aromatic heterocycles. The fourth-order valence-corrected chi connectivity index (χ4v) is 4.00. The quantitative estimate of drug-likeness (QED) is 0.395. The number of nitrogens with zero attached hydrogens (tertiary/aromatic N) is 3. The van der Waals surface area contributed by atoms with E-state index in [0.717, 1.165) is 16.9 Å². The van der Waals surface area contributed by atoms with Gasteiger partial charge in [-0.2, -0.15) is 4.98 Å². The van der Waals surface area contributed by atoms with Gasteiger partial charge in [0.2, 0.25) is 5.95 Å². The lowest BCUT2D eigenvalue weighted by Crippen LogP contribution is -2.32. The van der Waals surface area contributed by atoms with Crippen LogP contribution in [-0.4, -0.2) is 32.8 Å². The number of rotatable bonds is 6. The Labute approximate surface area is 211 Å². The fraction of sp³-hybridized carbons (Fsp3) is 0.370. The largest absolute Gasteiger partial charge is 0.350 e. The van der Waals surface area contributed by atoms with Gasteiger partial charge >= 0.3 is 0 Å². The Morgan fingerprint density at radius 3 is 2.44 bits per heavy atom. The van der Waals surface area contributed by atoms with E-state index in [4.69, 9.17) is 0 Å². The number of hydrogen-bond acceptors (Lipinski definition) is 7. The molecule has 0 fully saturated rings. The van der Waals surface area contributed by atoms with E-state index in [1.54, 1.807) is 12.3 Å². The Morgan fingerprint density at radius 1 is 1.03 bits per heavy atom. The van der Waals surface area contributed by atoms with Gasteiger partial charge in [-0.15, -0.1) is 0 Å². The maximum atomic E-state index is 12.9. The maximum absolute atomic E-state index is 12.9. The lowest BCUT2D eigenvalue weighted by Gasteiger charge is -2.19. The van der Waals surface area contributed by atoms with E-state index < -0.39 is 5.54 Å². The average molecular weight is 488 g/mol. The molecule has 1 aliphatic rings. The van der Waals surface area contributed by atoms with Crippen LogP contribution in [0.2, 0.25) is 0 Å². The zero-order chi connectivity index (χ0) is 26.3. The summed E-state index contributed by atoms with van der Waals surface area (Å²) in [5.74, 6) is 0.258. The zero-order valence-electron chi connectivity index (χ0n) is 21.8. The molecule has 1 aliphatic heterocycles. The molecule has 0 saturated carbocycles. The molecule has 0 saturated heterocycles. The Bertz CT molecular complexity index is 1330. The summed E-state index contributed by atoms with van der Waals surface area (Å²) in [4.78, 5) is 38.7. The molecule has 4 N–H and O–H groups in total. The summed E-state index contributed by atoms with van der Waals surface area (Å²) in [7, 11) is 0. The highest BCUT2D eigenvalue weighted by molar-refractivity contribution is 6.01. The van der Waals surface area contributed by atoms with Crippen LogP contribution >= 0.6 is 0 Å². The van der Waals surface area contributed by atoms with Crippen LogP contribution < -0.4 is 21.3 Å². The molecule has 36 heavy (non-hydrogen) atoms. The van der Waals surface area contributed by atoms with Crippen LogP contribution in [0.25, 0.3) is 0 Å². The van der Waals surface area contributed by atoms with Crippen molar-refractivity contribution in [1.82, 2.24) is 25.6 Å². The number of hydrogen-bond donors (Lipinski definition) is 4. The summed E-state index contributed by atoms with van der Waals surface area (Å²) in [6.45, 7) is 14.0. The molecule has 3 aromatic rings. The van der Waals surface area contributed by atoms with Gasteiger partial charge in [-0.25, -0.2) is 4.98 Å². The van der Waals surface area contributed by atoms with Crippen LogP contribution in [0.1, 0.15) is 80.4 Å². The predicted molar refractivity (Wildman–Crippen MR) is 141 cm³/mol. The smallest absolute Gasteiger partial charge is 0.256 e. The van der Waals surface area contributed by atoms with Crippen molar-refractivity contribution in [1.29, 1.82) is 0 Å². The third-order valence-corrected chi connectivity index (χ3v) is 5.86. The number of carbonyl (C=O) groups is 2. The first-order valence-electron chi connectivity index (χ1n) is 12.0. The van der Waals surface area contributed by atoms with E-state index in [1.165, 1.54) is 6.20 Å². The van der Waals surface area contributed by atoms with E-state index in [2.05, 4.69) is 57.0 Å². The maximum Gasteiger partial charge on any atom is 0.256 e. The van der Waals surface area contributed by atoms with Gasteiger partial charge in [0.25, 0.3) is 11.8 Å². The lowest BCUT2D eigenvalue weighted by molar-refractivity contribution is 0.0932. The molecular weight excluding hydrogens is 454 g/mol. The number of pyridine rings is 1. The summed E-state index contributed by atoms with van der Waals surface area (Å²) in [5.41, 5.74) is 3.66. The molecule has 9 heteroatoms. The van der Waals surface area contributed by atoms with Gasteiger partial charge in [0.05, 0.1) is 5.54 Å². The third-order valence-electron chi connectivity index (χ3n) is 5.86. The lowest BCUT2D eigenvalue weighted by atomic mass is 9.91. The average Bonchev–Trinajstić information content (AvgIpc) is 3.00. The summed E-state index contributed by atoms with van der Waals surface area (Å²) >= 11 is 0. The van der Waals surface area contributed by atoms with Crippen LogP contribution in [0.3, 0.4) is 0 Å². The molecule has 3 heterocycles. The van der Waals surface area contributed by atoms with Crippen molar-refractivity contribution in [3.8, 4) is 0 Å². The minimum absolute atomic E-state index is 0.0432. The summed E-state index contributed by atoms with van der Waals surface area (Å²) in [6.07, 6.45) is 3.22. The second kappa shape index (κ2) is 9.22. The highest BCUT2D eigenvalue weighted by atomic mass is 16.2.